The summed E-state index contributed by atoms with van der Waals surface area (Å²) in [5.41, 5.74) is 1.09. The smallest absolute Gasteiger partial charge is 0.321 e. The number of thioether (sulfide) groups is 1. The molecule has 1 saturated carbocycles. The lowest BCUT2D eigenvalue weighted by molar-refractivity contribution is -0.119. The topological polar surface area (TPSA) is 106 Å². The van der Waals surface area contributed by atoms with Gasteiger partial charge in [-0.2, -0.15) is 0 Å². The molecule has 0 aliphatic heterocycles. The minimum absolute atomic E-state index is 0.140. The fraction of sp³-hybridized carbons (Fsp3) is 0.500. The van der Waals surface area contributed by atoms with Crippen LogP contribution >= 0.6 is 11.8 Å². The molecule has 3 rings (SSSR count). The highest BCUT2D eigenvalue weighted by Crippen LogP contribution is 2.23. The fourth-order valence-electron chi connectivity index (χ4n) is 3.08. The van der Waals surface area contributed by atoms with Crippen molar-refractivity contribution in [2.45, 2.75) is 69.1 Å². The molecule has 2 N–H and O–H groups in total. The highest BCUT2D eigenvalue weighted by Gasteiger charge is 2.22. The van der Waals surface area contributed by atoms with Gasteiger partial charge in [-0.3, -0.25) is 10.1 Å². The van der Waals surface area contributed by atoms with Gasteiger partial charge >= 0.3 is 6.03 Å². The van der Waals surface area contributed by atoms with E-state index in [-0.39, 0.29) is 17.9 Å². The number of imide groups is 1. The number of nitrogens with one attached hydrogen (secondary N) is 2. The van der Waals surface area contributed by atoms with Gasteiger partial charge in [0.05, 0.1) is 5.25 Å². The predicted molar refractivity (Wildman–Crippen MR) is 109 cm³/mol. The number of aryl methyl sites for hydroxylation is 1. The molecule has 1 aliphatic carbocycles. The van der Waals surface area contributed by atoms with Crippen molar-refractivity contribution in [2.24, 2.45) is 0 Å². The Morgan fingerprint density at radius 3 is 2.83 bits per heavy atom. The van der Waals surface area contributed by atoms with Crippen LogP contribution in [-0.4, -0.2) is 33.4 Å². The second-order valence-electron chi connectivity index (χ2n) is 7.12. The van der Waals surface area contributed by atoms with Gasteiger partial charge in [-0.1, -0.05) is 43.2 Å². The molecule has 9 heteroatoms. The van der Waals surface area contributed by atoms with E-state index in [0.29, 0.717) is 11.6 Å². The van der Waals surface area contributed by atoms with Crippen LogP contribution in [0.25, 0.3) is 0 Å². The van der Waals surface area contributed by atoms with Gasteiger partial charge in [-0.25, -0.2) is 4.79 Å². The molecule has 156 valence electrons. The predicted octanol–water partition coefficient (Wildman–Crippen LogP) is 3.60. The molecule has 1 aliphatic rings. The summed E-state index contributed by atoms with van der Waals surface area (Å²) in [6.45, 7) is 3.80. The van der Waals surface area contributed by atoms with Crippen LogP contribution in [0.4, 0.5) is 4.79 Å². The van der Waals surface area contributed by atoms with Crippen LogP contribution in [0.2, 0.25) is 0 Å². The summed E-state index contributed by atoms with van der Waals surface area (Å²) in [6, 6.07) is 7.35. The van der Waals surface area contributed by atoms with Gasteiger partial charge in [0.25, 0.3) is 11.1 Å². The summed E-state index contributed by atoms with van der Waals surface area (Å²) >= 11 is 1.10. The third kappa shape index (κ3) is 6.77. The van der Waals surface area contributed by atoms with E-state index in [0.717, 1.165) is 43.0 Å². The molecule has 0 spiro atoms. The number of amides is 3. The number of hydrogen-bond donors (Lipinski definition) is 2. The molecule has 0 bridgehead atoms. The van der Waals surface area contributed by atoms with E-state index in [1.165, 1.54) is 6.42 Å². The van der Waals surface area contributed by atoms with Crippen molar-refractivity contribution in [3.63, 3.8) is 0 Å². The number of nitrogens with zero attached hydrogens (tertiary/aromatic N) is 2. The van der Waals surface area contributed by atoms with E-state index in [2.05, 4.69) is 20.8 Å². The first-order valence-electron chi connectivity index (χ1n) is 9.79. The molecule has 0 saturated heterocycles. The maximum Gasteiger partial charge on any atom is 0.321 e. The third-order valence-corrected chi connectivity index (χ3v) is 5.56. The molecule has 3 amide bonds. The molecule has 1 fully saturated rings. The van der Waals surface area contributed by atoms with Gasteiger partial charge in [0.1, 0.15) is 5.75 Å². The average molecular weight is 419 g/mol. The number of benzene rings is 1. The SMILES string of the molecule is Cc1cccc(OCc2nnc(S[C@H](C)C(=O)NC(=O)NC3CCCCC3)o2)c1. The van der Waals surface area contributed by atoms with Gasteiger partial charge in [0.15, 0.2) is 6.61 Å². The number of aromatic nitrogens is 2. The number of ether oxygens (including phenoxy) is 1. The zero-order valence-corrected chi connectivity index (χ0v) is 17.5. The standard InChI is InChI=1S/C20H26N4O4S/c1-13-7-6-10-16(11-13)27-12-17-23-24-20(28-17)29-14(2)18(25)22-19(26)21-15-8-4-3-5-9-15/h6-7,10-11,14-15H,3-5,8-9,12H2,1-2H3,(H2,21,22,25,26)/t14-/m1/s1. The maximum absolute atomic E-state index is 12.2. The van der Waals surface area contributed by atoms with Crippen LogP contribution in [0.1, 0.15) is 50.5 Å². The molecule has 8 nitrogen and oxygen atoms in total. The Bertz CT molecular complexity index is 835. The zero-order chi connectivity index (χ0) is 20.6. The van der Waals surface area contributed by atoms with E-state index >= 15 is 0 Å². The summed E-state index contributed by atoms with van der Waals surface area (Å²) < 4.78 is 11.1. The van der Waals surface area contributed by atoms with Crippen LogP contribution < -0.4 is 15.4 Å². The molecular weight excluding hydrogens is 392 g/mol. The monoisotopic (exact) mass is 418 g/mol. The second kappa shape index (κ2) is 10.3. The molecule has 2 aromatic rings. The Labute approximate surface area is 174 Å². The minimum atomic E-state index is -0.557. The van der Waals surface area contributed by atoms with Gasteiger partial charge in [0, 0.05) is 6.04 Å². The molecule has 0 unspecified atom stereocenters. The molecule has 1 aromatic heterocycles. The minimum Gasteiger partial charge on any atom is -0.484 e. The lowest BCUT2D eigenvalue weighted by atomic mass is 9.96. The Morgan fingerprint density at radius 1 is 1.28 bits per heavy atom. The summed E-state index contributed by atoms with van der Waals surface area (Å²) in [5, 5.41) is 12.8. The van der Waals surface area contributed by atoms with Crippen molar-refractivity contribution >= 4 is 23.7 Å². The Kier molecular flexibility index (Phi) is 7.51. The van der Waals surface area contributed by atoms with E-state index in [4.69, 9.17) is 9.15 Å². The van der Waals surface area contributed by atoms with E-state index in [1.54, 1.807) is 6.92 Å². The highest BCUT2D eigenvalue weighted by molar-refractivity contribution is 8.00. The van der Waals surface area contributed by atoms with Crippen molar-refractivity contribution in [1.29, 1.82) is 0 Å². The zero-order valence-electron chi connectivity index (χ0n) is 16.6. The quantitative estimate of drug-likeness (QED) is 0.662. The van der Waals surface area contributed by atoms with Crippen LogP contribution in [0.15, 0.2) is 33.9 Å². The number of urea groups is 1. The number of hydrogen-bond acceptors (Lipinski definition) is 7. The van der Waals surface area contributed by atoms with E-state index in [9.17, 15) is 9.59 Å². The lowest BCUT2D eigenvalue weighted by Gasteiger charge is -2.22. The average Bonchev–Trinajstić information content (AvgIpc) is 3.14. The van der Waals surface area contributed by atoms with Crippen molar-refractivity contribution in [2.75, 3.05) is 0 Å². The van der Waals surface area contributed by atoms with Crippen LogP contribution in [-0.2, 0) is 11.4 Å². The van der Waals surface area contributed by atoms with Gasteiger partial charge in [-0.15, -0.1) is 10.2 Å². The molecule has 1 heterocycles. The van der Waals surface area contributed by atoms with Crippen molar-refractivity contribution in [3.8, 4) is 5.75 Å². The first-order valence-corrected chi connectivity index (χ1v) is 10.7. The third-order valence-electron chi connectivity index (χ3n) is 4.62. The van der Waals surface area contributed by atoms with Crippen LogP contribution in [0.5, 0.6) is 5.75 Å². The van der Waals surface area contributed by atoms with Crippen LogP contribution in [0, 0.1) is 6.92 Å². The Morgan fingerprint density at radius 2 is 2.07 bits per heavy atom. The summed E-state index contributed by atoms with van der Waals surface area (Å²) in [7, 11) is 0. The summed E-state index contributed by atoms with van der Waals surface area (Å²) in [5.74, 6) is 0.629. The fourth-order valence-corrected chi connectivity index (χ4v) is 3.78. The first-order chi connectivity index (χ1) is 14.0. The molecule has 0 radical (unpaired) electrons. The summed E-state index contributed by atoms with van der Waals surface area (Å²) in [4.78, 5) is 24.2. The van der Waals surface area contributed by atoms with Gasteiger partial charge in [-0.05, 0) is 44.4 Å². The molecule has 1 atom stereocenters. The highest BCUT2D eigenvalue weighted by atomic mass is 32.2. The van der Waals surface area contributed by atoms with Gasteiger partial charge in [0.2, 0.25) is 5.91 Å². The number of carbonyl (C=O) groups excluding carboxylic acids is 2. The van der Waals surface area contributed by atoms with Crippen molar-refractivity contribution in [1.82, 2.24) is 20.8 Å². The molecule has 1 aromatic carbocycles. The number of carbonyl (C=O) groups is 2. The number of rotatable bonds is 7. The van der Waals surface area contributed by atoms with Gasteiger partial charge < -0.3 is 14.5 Å². The molecular formula is C20H26N4O4S. The van der Waals surface area contributed by atoms with Crippen molar-refractivity contribution in [3.05, 3.63) is 35.7 Å². The lowest BCUT2D eigenvalue weighted by Crippen LogP contribution is -2.47. The molecule has 29 heavy (non-hydrogen) atoms. The van der Waals surface area contributed by atoms with Crippen LogP contribution in [0.3, 0.4) is 0 Å². The maximum atomic E-state index is 12.2. The Hall–Kier alpha value is -2.55. The van der Waals surface area contributed by atoms with E-state index in [1.807, 2.05) is 31.2 Å². The Balaban J connectivity index is 1.43. The normalized spacial score (nSPS) is 15.5. The first kappa shape index (κ1) is 21.2. The second-order valence-corrected chi connectivity index (χ2v) is 8.42. The van der Waals surface area contributed by atoms with Crippen molar-refractivity contribution < 1.29 is 18.7 Å². The van der Waals surface area contributed by atoms with E-state index < -0.39 is 17.2 Å². The summed E-state index contributed by atoms with van der Waals surface area (Å²) in [6.07, 6.45) is 5.34. The largest absolute Gasteiger partial charge is 0.484 e.